The molecule has 0 bridgehead atoms. The minimum absolute atomic E-state index is 0.0439. The Hall–Kier alpha value is -4.21. The molecule has 10 heteroatoms. The molecule has 160 valence electrons. The highest BCUT2D eigenvalue weighted by molar-refractivity contribution is 6.04. The van der Waals surface area contributed by atoms with Gasteiger partial charge in [0.25, 0.3) is 11.5 Å². The number of rotatable bonds is 6. The van der Waals surface area contributed by atoms with E-state index in [1.807, 2.05) is 0 Å². The van der Waals surface area contributed by atoms with Crippen molar-refractivity contribution < 1.29 is 23.7 Å². The molecule has 0 radical (unpaired) electrons. The number of nitrogens with one attached hydrogen (secondary N) is 2. The molecule has 2 heterocycles. The normalized spacial score (nSPS) is 11.8. The van der Waals surface area contributed by atoms with Gasteiger partial charge in [-0.15, -0.1) is 0 Å². The van der Waals surface area contributed by atoms with Crippen molar-refractivity contribution in [2.24, 2.45) is 0 Å². The summed E-state index contributed by atoms with van der Waals surface area (Å²) in [5.41, 5.74) is -0.599. The minimum atomic E-state index is -0.730. The lowest BCUT2D eigenvalue weighted by Crippen LogP contribution is -2.39. The molecule has 0 unspecified atom stereocenters. The molecule has 0 spiro atoms. The molecule has 31 heavy (non-hydrogen) atoms. The maximum absolute atomic E-state index is 12.9. The zero-order chi connectivity index (χ0) is 22.0. The molecule has 0 atom stereocenters. The topological polar surface area (TPSA) is 121 Å². The quantitative estimate of drug-likeness (QED) is 0.615. The maximum atomic E-state index is 12.9. The fourth-order valence-corrected chi connectivity index (χ4v) is 3.13. The van der Waals surface area contributed by atoms with E-state index in [1.54, 1.807) is 36.4 Å². The van der Waals surface area contributed by atoms with Crippen LogP contribution in [0.15, 0.2) is 52.2 Å². The van der Waals surface area contributed by atoms with E-state index in [1.165, 1.54) is 14.2 Å². The van der Waals surface area contributed by atoms with Crippen molar-refractivity contribution in [3.63, 3.8) is 0 Å². The van der Waals surface area contributed by atoms with Crippen LogP contribution < -0.4 is 35.5 Å². The molecule has 10 nitrogen and oxygen atoms in total. The monoisotopic (exact) mass is 425 g/mol. The van der Waals surface area contributed by atoms with Gasteiger partial charge in [-0.2, -0.15) is 0 Å². The van der Waals surface area contributed by atoms with Crippen molar-refractivity contribution in [3.8, 4) is 23.0 Å². The molecular formula is C21H19N3O7. The fourth-order valence-electron chi connectivity index (χ4n) is 3.13. The molecule has 2 aromatic carbocycles. The molecule has 1 aliphatic heterocycles. The number of benzene rings is 2. The van der Waals surface area contributed by atoms with Gasteiger partial charge in [-0.25, -0.2) is 4.79 Å². The molecule has 0 aliphatic carbocycles. The zero-order valence-corrected chi connectivity index (χ0v) is 16.8. The third kappa shape index (κ3) is 3.95. The summed E-state index contributed by atoms with van der Waals surface area (Å²) in [5, 5.41) is 2.62. The second kappa shape index (κ2) is 8.27. The van der Waals surface area contributed by atoms with Gasteiger partial charge < -0.3 is 29.2 Å². The van der Waals surface area contributed by atoms with Crippen molar-refractivity contribution in [1.29, 1.82) is 0 Å². The van der Waals surface area contributed by atoms with Crippen LogP contribution in [0.1, 0.15) is 15.9 Å². The van der Waals surface area contributed by atoms with Gasteiger partial charge in [-0.3, -0.25) is 14.2 Å². The number of fused-ring (bicyclic) bond motifs is 1. The first-order valence-electron chi connectivity index (χ1n) is 9.24. The summed E-state index contributed by atoms with van der Waals surface area (Å²) in [4.78, 5) is 40.3. The Morgan fingerprint density at radius 2 is 1.90 bits per heavy atom. The second-order valence-corrected chi connectivity index (χ2v) is 6.61. The van der Waals surface area contributed by atoms with Crippen LogP contribution in [0.2, 0.25) is 0 Å². The Balaban J connectivity index is 1.62. The molecule has 0 saturated carbocycles. The van der Waals surface area contributed by atoms with Crippen LogP contribution in [-0.2, 0) is 6.54 Å². The smallest absolute Gasteiger partial charge is 0.328 e. The highest BCUT2D eigenvalue weighted by Gasteiger charge is 2.18. The summed E-state index contributed by atoms with van der Waals surface area (Å²) in [6.07, 6.45) is 1.09. The SMILES string of the molecule is COc1ccc(NC(=O)c2c[nH]c(=O)n(Cc3ccc4c(c3)OCO4)c2=O)c(OC)c1. The van der Waals surface area contributed by atoms with Gasteiger partial charge in [0, 0.05) is 12.3 Å². The lowest BCUT2D eigenvalue weighted by molar-refractivity contribution is 0.102. The Morgan fingerprint density at radius 3 is 2.68 bits per heavy atom. The van der Waals surface area contributed by atoms with Crippen molar-refractivity contribution in [1.82, 2.24) is 9.55 Å². The lowest BCUT2D eigenvalue weighted by Gasteiger charge is -2.12. The van der Waals surface area contributed by atoms with Crippen LogP contribution in [0, 0.1) is 0 Å². The number of methoxy groups -OCH3 is 2. The largest absolute Gasteiger partial charge is 0.497 e. The van der Waals surface area contributed by atoms with Crippen LogP contribution in [-0.4, -0.2) is 36.5 Å². The van der Waals surface area contributed by atoms with E-state index < -0.39 is 17.2 Å². The first kappa shape index (κ1) is 20.1. The van der Waals surface area contributed by atoms with E-state index in [4.69, 9.17) is 18.9 Å². The van der Waals surface area contributed by atoms with Crippen molar-refractivity contribution in [3.05, 3.63) is 74.6 Å². The van der Waals surface area contributed by atoms with Gasteiger partial charge >= 0.3 is 5.69 Å². The standard InChI is InChI=1S/C21H19N3O7/c1-28-13-4-5-15(17(8-13)29-2)23-19(25)14-9-22-21(27)24(20(14)26)10-12-3-6-16-18(7-12)31-11-30-16/h3-9H,10-11H2,1-2H3,(H,22,27)(H,23,25). The van der Waals surface area contributed by atoms with Crippen LogP contribution in [0.25, 0.3) is 0 Å². The van der Waals surface area contributed by atoms with E-state index in [2.05, 4.69) is 10.3 Å². The molecule has 3 aromatic rings. The minimum Gasteiger partial charge on any atom is -0.497 e. The number of hydrogen-bond donors (Lipinski definition) is 2. The van der Waals surface area contributed by atoms with Crippen LogP contribution >= 0.6 is 0 Å². The average molecular weight is 425 g/mol. The highest BCUT2D eigenvalue weighted by atomic mass is 16.7. The van der Waals surface area contributed by atoms with E-state index in [-0.39, 0.29) is 18.9 Å². The number of hydrogen-bond acceptors (Lipinski definition) is 7. The number of aromatic amines is 1. The number of nitrogens with zero attached hydrogens (tertiary/aromatic N) is 1. The molecule has 1 aliphatic rings. The van der Waals surface area contributed by atoms with Gasteiger partial charge in [0.1, 0.15) is 17.1 Å². The summed E-state index contributed by atoms with van der Waals surface area (Å²) in [7, 11) is 2.96. The summed E-state index contributed by atoms with van der Waals surface area (Å²) in [6.45, 7) is 0.0710. The van der Waals surface area contributed by atoms with Gasteiger partial charge in [-0.1, -0.05) is 6.07 Å². The molecule has 1 amide bonds. The molecule has 0 fully saturated rings. The first-order valence-corrected chi connectivity index (χ1v) is 9.24. The van der Waals surface area contributed by atoms with E-state index >= 15 is 0 Å². The number of carbonyl (C=O) groups is 1. The number of H-pyrrole nitrogens is 1. The molecule has 4 rings (SSSR count). The van der Waals surface area contributed by atoms with Crippen LogP contribution in [0.3, 0.4) is 0 Å². The third-order valence-corrected chi connectivity index (χ3v) is 4.74. The molecule has 0 saturated heterocycles. The third-order valence-electron chi connectivity index (χ3n) is 4.74. The van der Waals surface area contributed by atoms with Gasteiger partial charge in [-0.05, 0) is 29.8 Å². The predicted octanol–water partition coefficient (Wildman–Crippen LogP) is 1.58. The highest BCUT2D eigenvalue weighted by Crippen LogP contribution is 2.32. The number of anilines is 1. The molecule has 1 aromatic heterocycles. The van der Waals surface area contributed by atoms with E-state index in [9.17, 15) is 14.4 Å². The Labute approximate surface area is 176 Å². The first-order chi connectivity index (χ1) is 15.0. The summed E-state index contributed by atoms with van der Waals surface area (Å²) in [6, 6.07) is 9.93. The molecule has 2 N–H and O–H groups in total. The number of ether oxygens (including phenoxy) is 4. The Morgan fingerprint density at radius 1 is 1.10 bits per heavy atom. The maximum Gasteiger partial charge on any atom is 0.328 e. The summed E-state index contributed by atoms with van der Waals surface area (Å²) < 4.78 is 21.9. The van der Waals surface area contributed by atoms with Crippen molar-refractivity contribution in [2.75, 3.05) is 26.3 Å². The fraction of sp³-hybridized carbons (Fsp3) is 0.190. The van der Waals surface area contributed by atoms with Crippen LogP contribution in [0.4, 0.5) is 5.69 Å². The average Bonchev–Trinajstić information content (AvgIpc) is 3.24. The van der Waals surface area contributed by atoms with Crippen molar-refractivity contribution >= 4 is 11.6 Å². The van der Waals surface area contributed by atoms with E-state index in [0.717, 1.165) is 10.8 Å². The number of aromatic nitrogens is 2. The second-order valence-electron chi connectivity index (χ2n) is 6.61. The van der Waals surface area contributed by atoms with Gasteiger partial charge in [0.15, 0.2) is 11.5 Å². The summed E-state index contributed by atoms with van der Waals surface area (Å²) >= 11 is 0. The van der Waals surface area contributed by atoms with E-state index in [0.29, 0.717) is 34.2 Å². The molecular weight excluding hydrogens is 406 g/mol. The zero-order valence-electron chi connectivity index (χ0n) is 16.8. The predicted molar refractivity (Wildman–Crippen MR) is 110 cm³/mol. The van der Waals surface area contributed by atoms with Crippen LogP contribution in [0.5, 0.6) is 23.0 Å². The Kier molecular flexibility index (Phi) is 5.35. The van der Waals surface area contributed by atoms with Gasteiger partial charge in [0.05, 0.1) is 26.5 Å². The lowest BCUT2D eigenvalue weighted by atomic mass is 10.2. The number of carbonyl (C=O) groups excluding carboxylic acids is 1. The van der Waals surface area contributed by atoms with Gasteiger partial charge in [0.2, 0.25) is 6.79 Å². The number of amides is 1. The van der Waals surface area contributed by atoms with Crippen molar-refractivity contribution in [2.45, 2.75) is 6.54 Å². The summed E-state index contributed by atoms with van der Waals surface area (Å²) in [5.74, 6) is 1.33. The Bertz CT molecular complexity index is 1260.